The molecule has 0 radical (unpaired) electrons. The van der Waals surface area contributed by atoms with Crippen LogP contribution in [0.4, 0.5) is 8.78 Å². The molecule has 5 heteroatoms. The summed E-state index contributed by atoms with van der Waals surface area (Å²) in [6.45, 7) is 0. The lowest BCUT2D eigenvalue weighted by atomic mass is 10.2. The summed E-state index contributed by atoms with van der Waals surface area (Å²) < 4.78 is 30.4. The lowest BCUT2D eigenvalue weighted by Gasteiger charge is -2.07. The van der Waals surface area contributed by atoms with Crippen molar-refractivity contribution in [3.63, 3.8) is 0 Å². The van der Waals surface area contributed by atoms with Crippen LogP contribution in [0, 0.1) is 11.6 Å². The number of halogens is 2. The third-order valence-electron chi connectivity index (χ3n) is 1.48. The molecule has 0 amide bonds. The van der Waals surface area contributed by atoms with Gasteiger partial charge in [0, 0.05) is 6.07 Å². The Morgan fingerprint density at radius 1 is 1.46 bits per heavy atom. The van der Waals surface area contributed by atoms with Gasteiger partial charge in [0.05, 0.1) is 12.7 Å². The summed E-state index contributed by atoms with van der Waals surface area (Å²) in [7, 11) is 1.26. The largest absolute Gasteiger partial charge is 0.493 e. The van der Waals surface area contributed by atoms with Crippen LogP contribution < -0.4 is 10.5 Å². The van der Waals surface area contributed by atoms with Gasteiger partial charge < -0.3 is 10.5 Å². The Labute approximate surface area is 79.3 Å². The van der Waals surface area contributed by atoms with E-state index in [1.165, 1.54) is 7.11 Å². The molecule has 0 aliphatic rings. The van der Waals surface area contributed by atoms with Crippen LogP contribution in [0.5, 0.6) is 5.75 Å². The highest BCUT2D eigenvalue weighted by Crippen LogP contribution is 2.23. The molecule has 0 bridgehead atoms. The lowest BCUT2D eigenvalue weighted by Crippen LogP contribution is -2.12. The standard InChI is InChI=1S/C8H7F2NOS/c1-12-7-5(8(11)13)2-4(9)3-6(7)10/h2-3H,1H3,(H2,11,13). The average molecular weight is 203 g/mol. The van der Waals surface area contributed by atoms with Gasteiger partial charge in [-0.2, -0.15) is 0 Å². The minimum Gasteiger partial charge on any atom is -0.493 e. The minimum absolute atomic E-state index is 0.0648. The van der Waals surface area contributed by atoms with Crippen molar-refractivity contribution in [2.45, 2.75) is 0 Å². The van der Waals surface area contributed by atoms with E-state index in [0.29, 0.717) is 6.07 Å². The zero-order chi connectivity index (χ0) is 10.0. The summed E-state index contributed by atoms with van der Waals surface area (Å²) in [5, 5.41) is 0. The molecule has 0 aliphatic heterocycles. The number of hydrogen-bond acceptors (Lipinski definition) is 2. The summed E-state index contributed by atoms with van der Waals surface area (Å²) in [6, 6.07) is 1.74. The van der Waals surface area contributed by atoms with Crippen molar-refractivity contribution in [1.29, 1.82) is 0 Å². The Bertz CT molecular complexity index is 354. The summed E-state index contributed by atoms with van der Waals surface area (Å²) >= 11 is 4.60. The highest BCUT2D eigenvalue weighted by atomic mass is 32.1. The lowest BCUT2D eigenvalue weighted by molar-refractivity contribution is 0.383. The van der Waals surface area contributed by atoms with E-state index in [1.54, 1.807) is 0 Å². The van der Waals surface area contributed by atoms with Crippen LogP contribution in [0.1, 0.15) is 5.56 Å². The van der Waals surface area contributed by atoms with Crippen molar-refractivity contribution in [2.75, 3.05) is 7.11 Å². The minimum atomic E-state index is -0.815. The Morgan fingerprint density at radius 3 is 2.54 bits per heavy atom. The van der Waals surface area contributed by atoms with E-state index in [-0.39, 0.29) is 16.3 Å². The molecule has 0 unspecified atom stereocenters. The van der Waals surface area contributed by atoms with Crippen LogP contribution >= 0.6 is 12.2 Å². The molecule has 0 saturated heterocycles. The van der Waals surface area contributed by atoms with E-state index < -0.39 is 11.6 Å². The fraction of sp³-hybridized carbons (Fsp3) is 0.125. The van der Waals surface area contributed by atoms with Crippen molar-refractivity contribution >= 4 is 17.2 Å². The van der Waals surface area contributed by atoms with Crippen LogP contribution in [-0.4, -0.2) is 12.1 Å². The molecule has 1 aromatic rings. The first kappa shape index (κ1) is 9.85. The van der Waals surface area contributed by atoms with E-state index in [1.807, 2.05) is 0 Å². The van der Waals surface area contributed by atoms with Gasteiger partial charge in [-0.15, -0.1) is 0 Å². The molecule has 0 atom stereocenters. The Balaban J connectivity index is 3.38. The van der Waals surface area contributed by atoms with Crippen molar-refractivity contribution in [1.82, 2.24) is 0 Å². The predicted molar refractivity (Wildman–Crippen MR) is 48.8 cm³/mol. The zero-order valence-electron chi connectivity index (χ0n) is 6.80. The topological polar surface area (TPSA) is 35.2 Å². The molecule has 70 valence electrons. The first-order valence-electron chi connectivity index (χ1n) is 3.39. The number of rotatable bonds is 2. The van der Waals surface area contributed by atoms with E-state index in [9.17, 15) is 8.78 Å². The number of ether oxygens (including phenoxy) is 1. The summed E-state index contributed by atoms with van der Waals surface area (Å²) in [5.74, 6) is -1.68. The quantitative estimate of drug-likeness (QED) is 0.741. The highest BCUT2D eigenvalue weighted by molar-refractivity contribution is 7.80. The second-order valence-corrected chi connectivity index (χ2v) is 2.77. The van der Waals surface area contributed by atoms with Crippen molar-refractivity contribution in [2.24, 2.45) is 5.73 Å². The Kier molecular flexibility index (Phi) is 2.77. The molecular weight excluding hydrogens is 196 g/mol. The van der Waals surface area contributed by atoms with Crippen LogP contribution in [0.15, 0.2) is 12.1 Å². The number of methoxy groups -OCH3 is 1. The average Bonchev–Trinajstić information content (AvgIpc) is 2.02. The van der Waals surface area contributed by atoms with Crippen LogP contribution in [0.25, 0.3) is 0 Å². The van der Waals surface area contributed by atoms with Gasteiger partial charge >= 0.3 is 0 Å². The molecule has 0 aromatic heterocycles. The van der Waals surface area contributed by atoms with Crippen LogP contribution in [-0.2, 0) is 0 Å². The fourth-order valence-electron chi connectivity index (χ4n) is 0.951. The van der Waals surface area contributed by atoms with Gasteiger partial charge in [0.2, 0.25) is 0 Å². The van der Waals surface area contributed by atoms with E-state index in [4.69, 9.17) is 5.73 Å². The maximum Gasteiger partial charge on any atom is 0.168 e. The van der Waals surface area contributed by atoms with E-state index in [0.717, 1.165) is 6.07 Å². The molecule has 2 nitrogen and oxygen atoms in total. The zero-order valence-corrected chi connectivity index (χ0v) is 7.62. The SMILES string of the molecule is COc1c(F)cc(F)cc1C(N)=S. The maximum absolute atomic E-state index is 13.0. The normalized spacial score (nSPS) is 9.77. The van der Waals surface area contributed by atoms with Gasteiger partial charge in [0.15, 0.2) is 11.6 Å². The molecular formula is C8H7F2NOS. The second-order valence-electron chi connectivity index (χ2n) is 2.33. The van der Waals surface area contributed by atoms with Crippen molar-refractivity contribution < 1.29 is 13.5 Å². The maximum atomic E-state index is 13.0. The van der Waals surface area contributed by atoms with Crippen molar-refractivity contribution in [3.8, 4) is 5.75 Å². The molecule has 0 saturated carbocycles. The molecule has 2 N–H and O–H groups in total. The van der Waals surface area contributed by atoms with Crippen LogP contribution in [0.3, 0.4) is 0 Å². The third-order valence-corrected chi connectivity index (χ3v) is 1.70. The van der Waals surface area contributed by atoms with Gasteiger partial charge in [-0.1, -0.05) is 12.2 Å². The predicted octanol–water partition coefficient (Wildman–Crippen LogP) is 1.61. The molecule has 0 fully saturated rings. The number of hydrogen-bond donors (Lipinski definition) is 1. The monoisotopic (exact) mass is 203 g/mol. The Morgan fingerprint density at radius 2 is 2.08 bits per heavy atom. The molecule has 1 rings (SSSR count). The number of nitrogens with two attached hydrogens (primary N) is 1. The van der Waals surface area contributed by atoms with Gasteiger partial charge in [-0.25, -0.2) is 8.78 Å². The third kappa shape index (κ3) is 1.92. The van der Waals surface area contributed by atoms with Crippen LogP contribution in [0.2, 0.25) is 0 Å². The first-order valence-corrected chi connectivity index (χ1v) is 3.80. The smallest absolute Gasteiger partial charge is 0.168 e. The molecule has 0 spiro atoms. The summed E-state index contributed by atoms with van der Waals surface area (Å²) in [5.41, 5.74) is 5.31. The fourth-order valence-corrected chi connectivity index (χ4v) is 1.10. The van der Waals surface area contributed by atoms with Crippen molar-refractivity contribution in [3.05, 3.63) is 29.3 Å². The van der Waals surface area contributed by atoms with E-state index >= 15 is 0 Å². The highest BCUT2D eigenvalue weighted by Gasteiger charge is 2.13. The molecule has 1 aromatic carbocycles. The summed E-state index contributed by atoms with van der Waals surface area (Å²) in [4.78, 5) is -0.102. The molecule has 13 heavy (non-hydrogen) atoms. The van der Waals surface area contributed by atoms with E-state index in [2.05, 4.69) is 17.0 Å². The van der Waals surface area contributed by atoms with Gasteiger partial charge in [0.1, 0.15) is 10.8 Å². The van der Waals surface area contributed by atoms with Gasteiger partial charge in [-0.3, -0.25) is 0 Å². The number of benzene rings is 1. The second kappa shape index (κ2) is 3.66. The van der Waals surface area contributed by atoms with Gasteiger partial charge in [-0.05, 0) is 6.07 Å². The summed E-state index contributed by atoms with van der Waals surface area (Å²) in [6.07, 6.45) is 0. The number of thiocarbonyl (C=S) groups is 1. The Hall–Kier alpha value is -1.23. The molecule has 0 aliphatic carbocycles. The molecule has 0 heterocycles. The van der Waals surface area contributed by atoms with Gasteiger partial charge in [0.25, 0.3) is 0 Å². The first-order chi connectivity index (χ1) is 6.06.